The van der Waals surface area contributed by atoms with Crippen LogP contribution in [0.3, 0.4) is 0 Å². The smallest absolute Gasteiger partial charge is 0.319 e. The maximum absolute atomic E-state index is 12.0. The average molecular weight is 400 g/mol. The van der Waals surface area contributed by atoms with Crippen LogP contribution in [0.4, 0.5) is 10.5 Å². The summed E-state index contributed by atoms with van der Waals surface area (Å²) in [5.41, 5.74) is 3.26. The van der Waals surface area contributed by atoms with Gasteiger partial charge in [0.25, 0.3) is 0 Å². The van der Waals surface area contributed by atoms with Gasteiger partial charge in [0.05, 0.1) is 6.54 Å². The number of carbonyl (C=O) groups is 1. The summed E-state index contributed by atoms with van der Waals surface area (Å²) in [6.45, 7) is 6.40. The van der Waals surface area contributed by atoms with Crippen LogP contribution in [0.2, 0.25) is 0 Å². The van der Waals surface area contributed by atoms with Crippen molar-refractivity contribution in [2.45, 2.75) is 13.3 Å². The molecular weight excluding hydrogens is 370 g/mol. The minimum Gasteiger partial charge on any atom is -0.492 e. The molecule has 1 saturated heterocycles. The molecule has 0 spiro atoms. The van der Waals surface area contributed by atoms with Crippen LogP contribution in [0.25, 0.3) is 0 Å². The third kappa shape index (κ3) is 7.09. The van der Waals surface area contributed by atoms with Crippen LogP contribution in [-0.4, -0.2) is 55.2 Å². The molecule has 1 aliphatic rings. The van der Waals surface area contributed by atoms with E-state index >= 15 is 0 Å². The summed E-state index contributed by atoms with van der Waals surface area (Å²) in [5, 5.41) is 5.68. The molecule has 28 heavy (non-hydrogen) atoms. The van der Waals surface area contributed by atoms with E-state index < -0.39 is 0 Å². The van der Waals surface area contributed by atoms with Crippen LogP contribution in [0.5, 0.6) is 5.75 Å². The lowest BCUT2D eigenvalue weighted by Crippen LogP contribution is -2.34. The summed E-state index contributed by atoms with van der Waals surface area (Å²) in [6.07, 6.45) is 1.05. The Morgan fingerprint density at radius 3 is 2.68 bits per heavy atom. The lowest BCUT2D eigenvalue weighted by molar-refractivity contribution is 0.247. The van der Waals surface area contributed by atoms with Gasteiger partial charge in [0.15, 0.2) is 0 Å². The summed E-state index contributed by atoms with van der Waals surface area (Å²) in [6, 6.07) is 15.8. The van der Waals surface area contributed by atoms with E-state index in [0.717, 1.165) is 30.0 Å². The molecule has 0 atom stereocenters. The van der Waals surface area contributed by atoms with Crippen molar-refractivity contribution in [3.05, 3.63) is 59.7 Å². The van der Waals surface area contributed by atoms with Crippen LogP contribution in [0, 0.1) is 6.92 Å². The number of rotatable bonds is 8. The molecule has 5 nitrogen and oxygen atoms in total. The van der Waals surface area contributed by atoms with E-state index in [0.29, 0.717) is 13.2 Å². The first-order valence-electron chi connectivity index (χ1n) is 9.82. The molecule has 3 rings (SSSR count). The lowest BCUT2D eigenvalue weighted by Gasteiger charge is -2.26. The molecule has 0 aliphatic carbocycles. The Bertz CT molecular complexity index is 746. The fourth-order valence-corrected chi connectivity index (χ4v) is 4.06. The molecule has 0 aromatic heterocycles. The van der Waals surface area contributed by atoms with Crippen molar-refractivity contribution in [1.29, 1.82) is 0 Å². The van der Waals surface area contributed by atoms with Crippen LogP contribution in [0.15, 0.2) is 48.5 Å². The Labute approximate surface area is 171 Å². The summed E-state index contributed by atoms with van der Waals surface area (Å²) >= 11 is 2.04. The van der Waals surface area contributed by atoms with Crippen molar-refractivity contribution < 1.29 is 9.53 Å². The van der Waals surface area contributed by atoms with Crippen LogP contribution in [-0.2, 0) is 6.42 Å². The first kappa shape index (κ1) is 20.6. The molecule has 0 bridgehead atoms. The first-order chi connectivity index (χ1) is 13.7. The highest BCUT2D eigenvalue weighted by Gasteiger charge is 2.10. The molecule has 1 heterocycles. The zero-order valence-electron chi connectivity index (χ0n) is 16.4. The predicted octanol–water partition coefficient (Wildman–Crippen LogP) is 3.79. The molecule has 2 amide bonds. The Balaban J connectivity index is 1.33. The Morgan fingerprint density at radius 1 is 1.14 bits per heavy atom. The fraction of sp³-hybridized carbons (Fsp3) is 0.409. The van der Waals surface area contributed by atoms with E-state index in [4.69, 9.17) is 4.74 Å². The van der Waals surface area contributed by atoms with Crippen molar-refractivity contribution in [3.63, 3.8) is 0 Å². The van der Waals surface area contributed by atoms with E-state index in [-0.39, 0.29) is 6.03 Å². The van der Waals surface area contributed by atoms with Gasteiger partial charge in [-0.1, -0.05) is 24.3 Å². The molecule has 150 valence electrons. The number of hydrogen-bond donors (Lipinski definition) is 2. The van der Waals surface area contributed by atoms with Crippen molar-refractivity contribution in [3.8, 4) is 5.75 Å². The molecular formula is C22H29N3O2S. The molecule has 2 aromatic carbocycles. The maximum Gasteiger partial charge on any atom is 0.319 e. The third-order valence-corrected chi connectivity index (χ3v) is 5.62. The van der Waals surface area contributed by atoms with Gasteiger partial charge in [-0.15, -0.1) is 0 Å². The summed E-state index contributed by atoms with van der Waals surface area (Å²) in [5.74, 6) is 3.31. The third-order valence-electron chi connectivity index (χ3n) is 4.68. The monoisotopic (exact) mass is 399 g/mol. The highest BCUT2D eigenvalue weighted by atomic mass is 32.2. The highest BCUT2D eigenvalue weighted by Crippen LogP contribution is 2.13. The molecule has 0 unspecified atom stereocenters. The number of nitrogens with zero attached hydrogens (tertiary/aromatic N) is 1. The SMILES string of the molecule is Cc1cccc(OCCNC(=O)Nc2ccc(CCN3CCSCC3)cc2)c1. The Kier molecular flexibility index (Phi) is 8.06. The number of hydrogen-bond acceptors (Lipinski definition) is 4. The second-order valence-electron chi connectivity index (χ2n) is 6.95. The van der Waals surface area contributed by atoms with E-state index in [2.05, 4.69) is 27.7 Å². The minimum atomic E-state index is -0.216. The van der Waals surface area contributed by atoms with Crippen molar-refractivity contribution >= 4 is 23.5 Å². The zero-order chi connectivity index (χ0) is 19.6. The van der Waals surface area contributed by atoms with E-state index in [1.54, 1.807) is 0 Å². The van der Waals surface area contributed by atoms with Gasteiger partial charge < -0.3 is 20.3 Å². The molecule has 1 aliphatic heterocycles. The normalized spacial score (nSPS) is 14.5. The van der Waals surface area contributed by atoms with E-state index in [1.165, 1.54) is 30.2 Å². The van der Waals surface area contributed by atoms with E-state index in [9.17, 15) is 4.79 Å². The standard InChI is InChI=1S/C22H29N3O2S/c1-18-3-2-4-21(17-18)27-14-10-23-22(26)24-20-7-5-19(6-8-20)9-11-25-12-15-28-16-13-25/h2-8,17H,9-16H2,1H3,(H2,23,24,26). The van der Waals surface area contributed by atoms with Gasteiger partial charge >= 0.3 is 6.03 Å². The lowest BCUT2D eigenvalue weighted by atomic mass is 10.1. The van der Waals surface area contributed by atoms with Gasteiger partial charge in [-0.2, -0.15) is 11.8 Å². The number of urea groups is 1. The van der Waals surface area contributed by atoms with Gasteiger partial charge in [0.2, 0.25) is 0 Å². The van der Waals surface area contributed by atoms with Gasteiger partial charge in [-0.3, -0.25) is 0 Å². The van der Waals surface area contributed by atoms with Gasteiger partial charge in [0.1, 0.15) is 12.4 Å². The molecule has 6 heteroatoms. The molecule has 0 radical (unpaired) electrons. The van der Waals surface area contributed by atoms with E-state index in [1.807, 2.05) is 55.1 Å². The van der Waals surface area contributed by atoms with Crippen LogP contribution >= 0.6 is 11.8 Å². The summed E-state index contributed by atoms with van der Waals surface area (Å²) < 4.78 is 5.63. The van der Waals surface area contributed by atoms with Crippen molar-refractivity contribution in [1.82, 2.24) is 10.2 Å². The number of nitrogens with one attached hydrogen (secondary N) is 2. The molecule has 0 saturated carbocycles. The molecule has 1 fully saturated rings. The van der Waals surface area contributed by atoms with Gasteiger partial charge in [-0.25, -0.2) is 4.79 Å². The van der Waals surface area contributed by atoms with Crippen molar-refractivity contribution in [2.24, 2.45) is 0 Å². The highest BCUT2D eigenvalue weighted by molar-refractivity contribution is 7.99. The number of amides is 2. The maximum atomic E-state index is 12.0. The van der Waals surface area contributed by atoms with Crippen LogP contribution in [0.1, 0.15) is 11.1 Å². The summed E-state index contributed by atoms with van der Waals surface area (Å²) in [4.78, 5) is 14.5. The number of thioether (sulfide) groups is 1. The number of carbonyl (C=O) groups excluding carboxylic acids is 1. The second-order valence-corrected chi connectivity index (χ2v) is 8.17. The average Bonchev–Trinajstić information content (AvgIpc) is 2.72. The number of ether oxygens (including phenoxy) is 1. The minimum absolute atomic E-state index is 0.216. The number of benzene rings is 2. The fourth-order valence-electron chi connectivity index (χ4n) is 3.08. The van der Waals surface area contributed by atoms with Crippen molar-refractivity contribution in [2.75, 3.05) is 49.6 Å². The van der Waals surface area contributed by atoms with Crippen LogP contribution < -0.4 is 15.4 Å². The topological polar surface area (TPSA) is 53.6 Å². The Hall–Kier alpha value is -2.18. The first-order valence-corrected chi connectivity index (χ1v) is 11.0. The van der Waals surface area contributed by atoms with Gasteiger partial charge in [-0.05, 0) is 48.7 Å². The largest absolute Gasteiger partial charge is 0.492 e. The molecule has 2 aromatic rings. The Morgan fingerprint density at radius 2 is 1.93 bits per heavy atom. The predicted molar refractivity (Wildman–Crippen MR) is 118 cm³/mol. The number of aryl methyl sites for hydroxylation is 1. The quantitative estimate of drug-likeness (QED) is 0.663. The molecule has 2 N–H and O–H groups in total. The second kappa shape index (κ2) is 11.0. The summed E-state index contributed by atoms with van der Waals surface area (Å²) in [7, 11) is 0. The number of anilines is 1. The zero-order valence-corrected chi connectivity index (χ0v) is 17.3. The van der Waals surface area contributed by atoms with Gasteiger partial charge in [0, 0.05) is 36.8 Å².